The van der Waals surface area contributed by atoms with Crippen LogP contribution in [0, 0.1) is 5.82 Å². The first-order valence-corrected chi connectivity index (χ1v) is 8.30. The summed E-state index contributed by atoms with van der Waals surface area (Å²) in [5, 5.41) is 4.43. The molecule has 1 aromatic rings. The number of rotatable bonds is 3. The predicted octanol–water partition coefficient (Wildman–Crippen LogP) is 0.993. The molecule has 2 rings (SSSR count). The van der Waals surface area contributed by atoms with Gasteiger partial charge in [-0.05, 0) is 38.0 Å². The van der Waals surface area contributed by atoms with Crippen molar-refractivity contribution in [1.82, 2.24) is 4.90 Å². The van der Waals surface area contributed by atoms with Crippen molar-refractivity contribution in [1.29, 1.82) is 0 Å². The molecule has 116 valence electrons. The van der Waals surface area contributed by atoms with Crippen LogP contribution in [0.2, 0.25) is 0 Å². The van der Waals surface area contributed by atoms with Crippen LogP contribution in [-0.2, 0) is 20.2 Å². The van der Waals surface area contributed by atoms with Gasteiger partial charge in [0.25, 0.3) is 0 Å². The quantitative estimate of drug-likeness (QED) is 0.903. The van der Waals surface area contributed by atoms with E-state index in [2.05, 4.69) is 0 Å². The smallest absolute Gasteiger partial charge is 0.232 e. The molecule has 2 N–H and O–H groups in total. The first kappa shape index (κ1) is 15.9. The van der Waals surface area contributed by atoms with Gasteiger partial charge in [-0.3, -0.25) is 4.79 Å². The van der Waals surface area contributed by atoms with E-state index in [0.29, 0.717) is 18.5 Å². The fraction of sp³-hybridized carbons (Fsp3) is 0.500. The van der Waals surface area contributed by atoms with E-state index in [9.17, 15) is 17.6 Å². The summed E-state index contributed by atoms with van der Waals surface area (Å²) in [6.45, 7) is 3.96. The third kappa shape index (κ3) is 3.24. The van der Waals surface area contributed by atoms with Crippen LogP contribution < -0.4 is 5.14 Å². The second-order valence-corrected chi connectivity index (χ2v) is 7.73. The highest BCUT2D eigenvalue weighted by molar-refractivity contribution is 7.89. The molecule has 1 heterocycles. The van der Waals surface area contributed by atoms with E-state index in [4.69, 9.17) is 5.14 Å². The Morgan fingerprint density at radius 2 is 1.90 bits per heavy atom. The van der Waals surface area contributed by atoms with Gasteiger partial charge in [0.05, 0.1) is 10.7 Å². The highest BCUT2D eigenvalue weighted by atomic mass is 32.2. The summed E-state index contributed by atoms with van der Waals surface area (Å²) >= 11 is 0. The van der Waals surface area contributed by atoms with Crippen molar-refractivity contribution < 1.29 is 17.6 Å². The summed E-state index contributed by atoms with van der Waals surface area (Å²) in [4.78, 5) is 14.1. The number of nitrogens with two attached hydrogens (primary N) is 1. The minimum Gasteiger partial charge on any atom is -0.341 e. The molecule has 1 aliphatic heterocycles. The van der Waals surface area contributed by atoms with Crippen LogP contribution in [0.4, 0.5) is 4.39 Å². The van der Waals surface area contributed by atoms with Crippen LogP contribution in [0.1, 0.15) is 25.8 Å². The van der Waals surface area contributed by atoms with Crippen molar-refractivity contribution in [3.8, 4) is 0 Å². The number of halogens is 1. The summed E-state index contributed by atoms with van der Waals surface area (Å²) in [6.07, 6.45) is 0.351. The summed E-state index contributed by atoms with van der Waals surface area (Å²) in [6, 6.07) is 5.75. The summed E-state index contributed by atoms with van der Waals surface area (Å²) in [7, 11) is -3.63. The molecule has 0 spiro atoms. The largest absolute Gasteiger partial charge is 0.341 e. The van der Waals surface area contributed by atoms with Gasteiger partial charge < -0.3 is 4.90 Å². The molecule has 5 nitrogen and oxygen atoms in total. The fourth-order valence-corrected chi connectivity index (χ4v) is 3.39. The molecular formula is C14H19FN2O3S. The monoisotopic (exact) mass is 314 g/mol. The zero-order valence-corrected chi connectivity index (χ0v) is 12.9. The molecule has 7 heteroatoms. The number of likely N-dealkylation sites (tertiary alicyclic amines) is 1. The van der Waals surface area contributed by atoms with E-state index in [1.54, 1.807) is 26.0 Å². The average Bonchev–Trinajstić information content (AvgIpc) is 2.87. The highest BCUT2D eigenvalue weighted by Gasteiger charge is 2.39. The molecule has 0 saturated carbocycles. The van der Waals surface area contributed by atoms with Crippen LogP contribution in [0.15, 0.2) is 24.3 Å². The molecule has 1 amide bonds. The van der Waals surface area contributed by atoms with E-state index >= 15 is 0 Å². The normalized spacial score (nSPS) is 19.8. The van der Waals surface area contributed by atoms with Gasteiger partial charge in [-0.2, -0.15) is 0 Å². The molecule has 1 aromatic carbocycles. The number of carbonyl (C=O) groups is 1. The molecule has 0 unspecified atom stereocenters. The van der Waals surface area contributed by atoms with Gasteiger partial charge in [-0.15, -0.1) is 0 Å². The van der Waals surface area contributed by atoms with Gasteiger partial charge in [-0.25, -0.2) is 17.9 Å². The molecule has 1 saturated heterocycles. The minimum absolute atomic E-state index is 0.113. The molecule has 1 fully saturated rings. The van der Waals surface area contributed by atoms with Gasteiger partial charge in [0.1, 0.15) is 5.82 Å². The second kappa shape index (κ2) is 5.38. The lowest BCUT2D eigenvalue weighted by atomic mass is 9.83. The van der Waals surface area contributed by atoms with Crippen molar-refractivity contribution in [2.45, 2.75) is 30.9 Å². The van der Waals surface area contributed by atoms with E-state index in [-0.39, 0.29) is 18.3 Å². The number of nitrogens with zero attached hydrogens (tertiary/aromatic N) is 1. The van der Waals surface area contributed by atoms with Crippen molar-refractivity contribution in [2.75, 3.05) is 13.1 Å². The molecule has 0 aromatic heterocycles. The second-order valence-electron chi connectivity index (χ2n) is 5.88. The van der Waals surface area contributed by atoms with Crippen LogP contribution in [0.25, 0.3) is 0 Å². The number of primary sulfonamides is 1. The van der Waals surface area contributed by atoms with Gasteiger partial charge in [0.2, 0.25) is 15.9 Å². The van der Waals surface area contributed by atoms with Crippen molar-refractivity contribution in [3.05, 3.63) is 35.6 Å². The third-order valence-electron chi connectivity index (χ3n) is 4.00. The summed E-state index contributed by atoms with van der Waals surface area (Å²) in [5.74, 6) is -0.544. The predicted molar refractivity (Wildman–Crippen MR) is 77.5 cm³/mol. The standard InChI is InChI=1S/C14H19FN2O3S/c1-14(2,10-3-5-11(15)6-4-10)13(18)17-8-7-12(9-17)21(16,19)20/h3-6,12H,7-9H2,1-2H3,(H2,16,19,20)/t12-/m0/s1. The Kier molecular flexibility index (Phi) is 4.08. The number of amides is 1. The minimum atomic E-state index is -3.63. The Hall–Kier alpha value is -1.47. The average molecular weight is 314 g/mol. The van der Waals surface area contributed by atoms with Crippen molar-refractivity contribution in [3.63, 3.8) is 0 Å². The number of sulfonamides is 1. The van der Waals surface area contributed by atoms with Gasteiger partial charge in [0, 0.05) is 13.1 Å². The molecule has 0 radical (unpaired) electrons. The SMILES string of the molecule is CC(C)(C(=O)N1CC[C@H](S(N)(=O)=O)C1)c1ccc(F)cc1. The highest BCUT2D eigenvalue weighted by Crippen LogP contribution is 2.28. The molecule has 21 heavy (non-hydrogen) atoms. The summed E-state index contributed by atoms with van der Waals surface area (Å²) in [5.41, 5.74) is -0.158. The Balaban J connectivity index is 2.18. The first-order valence-electron chi connectivity index (χ1n) is 6.69. The molecule has 0 bridgehead atoms. The zero-order chi connectivity index (χ0) is 15.8. The molecule has 0 aliphatic carbocycles. The van der Waals surface area contributed by atoms with Crippen molar-refractivity contribution >= 4 is 15.9 Å². The van der Waals surface area contributed by atoms with Crippen LogP contribution >= 0.6 is 0 Å². The Labute approximate surface area is 124 Å². The molecule has 1 aliphatic rings. The van der Waals surface area contributed by atoms with Gasteiger partial charge in [0.15, 0.2) is 0 Å². The maximum absolute atomic E-state index is 13.0. The lowest BCUT2D eigenvalue weighted by Crippen LogP contribution is -2.43. The zero-order valence-electron chi connectivity index (χ0n) is 12.0. The number of carbonyl (C=O) groups excluding carboxylic acids is 1. The lowest BCUT2D eigenvalue weighted by molar-refractivity contribution is -0.135. The third-order valence-corrected chi connectivity index (χ3v) is 5.31. The first-order chi connectivity index (χ1) is 9.62. The number of hydrogen-bond donors (Lipinski definition) is 1. The van der Waals surface area contributed by atoms with E-state index in [0.717, 1.165) is 0 Å². The number of benzene rings is 1. The Bertz CT molecular complexity index is 641. The Morgan fingerprint density at radius 1 is 1.33 bits per heavy atom. The number of hydrogen-bond acceptors (Lipinski definition) is 3. The maximum Gasteiger partial charge on any atom is 0.232 e. The topological polar surface area (TPSA) is 80.5 Å². The Morgan fingerprint density at radius 3 is 2.38 bits per heavy atom. The van der Waals surface area contributed by atoms with Gasteiger partial charge >= 0.3 is 0 Å². The van der Waals surface area contributed by atoms with E-state index in [1.807, 2.05) is 0 Å². The van der Waals surface area contributed by atoms with Crippen LogP contribution in [-0.4, -0.2) is 37.6 Å². The van der Waals surface area contributed by atoms with E-state index < -0.39 is 20.7 Å². The fourth-order valence-electron chi connectivity index (χ4n) is 2.57. The molecule has 1 atom stereocenters. The van der Waals surface area contributed by atoms with Crippen LogP contribution in [0.5, 0.6) is 0 Å². The van der Waals surface area contributed by atoms with E-state index in [1.165, 1.54) is 17.0 Å². The van der Waals surface area contributed by atoms with Crippen molar-refractivity contribution in [2.24, 2.45) is 5.14 Å². The van der Waals surface area contributed by atoms with Crippen LogP contribution in [0.3, 0.4) is 0 Å². The lowest BCUT2D eigenvalue weighted by Gasteiger charge is -2.29. The van der Waals surface area contributed by atoms with Gasteiger partial charge in [-0.1, -0.05) is 12.1 Å². The molecular weight excluding hydrogens is 295 g/mol. The summed E-state index contributed by atoms with van der Waals surface area (Å²) < 4.78 is 35.7. The maximum atomic E-state index is 13.0.